The third-order valence-electron chi connectivity index (χ3n) is 3.17. The zero-order valence-electron chi connectivity index (χ0n) is 11.0. The lowest BCUT2D eigenvalue weighted by molar-refractivity contribution is -0.131. The van der Waals surface area contributed by atoms with Crippen molar-refractivity contribution in [3.8, 4) is 0 Å². The maximum Gasteiger partial charge on any atom is 0.222 e. The van der Waals surface area contributed by atoms with Gasteiger partial charge in [0.05, 0.1) is 0 Å². The summed E-state index contributed by atoms with van der Waals surface area (Å²) in [6.07, 6.45) is 1.49. The fourth-order valence-electron chi connectivity index (χ4n) is 1.77. The fourth-order valence-corrected chi connectivity index (χ4v) is 2.18. The standard InChI is InChI=1S/C14H21BrN2O/c1-3-11(9-16)8-14(18)17(2)10-12-6-4-5-7-13(12)15/h4-7,11H,3,8-10,16H2,1-2H3. The molecule has 0 bridgehead atoms. The summed E-state index contributed by atoms with van der Waals surface area (Å²) in [5, 5.41) is 0. The maximum atomic E-state index is 12.0. The van der Waals surface area contributed by atoms with Crippen LogP contribution in [0.4, 0.5) is 0 Å². The molecule has 0 heterocycles. The Morgan fingerprint density at radius 2 is 2.11 bits per heavy atom. The van der Waals surface area contributed by atoms with E-state index >= 15 is 0 Å². The minimum Gasteiger partial charge on any atom is -0.341 e. The summed E-state index contributed by atoms with van der Waals surface area (Å²) in [6, 6.07) is 7.96. The van der Waals surface area contributed by atoms with Crippen molar-refractivity contribution in [2.75, 3.05) is 13.6 Å². The van der Waals surface area contributed by atoms with Gasteiger partial charge in [0.25, 0.3) is 0 Å². The normalized spacial score (nSPS) is 12.2. The monoisotopic (exact) mass is 312 g/mol. The number of nitrogens with two attached hydrogens (primary N) is 1. The number of halogens is 1. The molecule has 1 aromatic rings. The third kappa shape index (κ3) is 4.42. The molecule has 0 aliphatic carbocycles. The van der Waals surface area contributed by atoms with Gasteiger partial charge in [-0.3, -0.25) is 4.79 Å². The second kappa shape index (κ2) is 7.54. The number of benzene rings is 1. The predicted molar refractivity (Wildman–Crippen MR) is 78.1 cm³/mol. The van der Waals surface area contributed by atoms with Crippen molar-refractivity contribution < 1.29 is 4.79 Å². The Bertz CT molecular complexity index is 391. The van der Waals surface area contributed by atoms with E-state index in [0.717, 1.165) is 16.5 Å². The van der Waals surface area contributed by atoms with Crippen molar-refractivity contribution >= 4 is 21.8 Å². The highest BCUT2D eigenvalue weighted by Gasteiger charge is 2.15. The van der Waals surface area contributed by atoms with Crippen molar-refractivity contribution in [1.82, 2.24) is 4.90 Å². The number of carbonyl (C=O) groups is 1. The van der Waals surface area contributed by atoms with Gasteiger partial charge in [-0.2, -0.15) is 0 Å². The van der Waals surface area contributed by atoms with Gasteiger partial charge in [-0.1, -0.05) is 47.5 Å². The number of amides is 1. The molecule has 1 unspecified atom stereocenters. The zero-order valence-corrected chi connectivity index (χ0v) is 12.6. The number of hydrogen-bond acceptors (Lipinski definition) is 2. The van der Waals surface area contributed by atoms with E-state index < -0.39 is 0 Å². The number of carbonyl (C=O) groups excluding carboxylic acids is 1. The first-order chi connectivity index (χ1) is 8.58. The average Bonchev–Trinajstić information content (AvgIpc) is 2.38. The second-order valence-electron chi connectivity index (χ2n) is 4.56. The molecule has 0 aliphatic heterocycles. The molecule has 0 spiro atoms. The Balaban J connectivity index is 2.57. The van der Waals surface area contributed by atoms with Crippen LogP contribution in [0.15, 0.2) is 28.7 Å². The van der Waals surface area contributed by atoms with Crippen molar-refractivity contribution in [2.24, 2.45) is 11.7 Å². The highest BCUT2D eigenvalue weighted by atomic mass is 79.9. The molecule has 0 aliphatic rings. The van der Waals surface area contributed by atoms with Crippen molar-refractivity contribution in [3.63, 3.8) is 0 Å². The second-order valence-corrected chi connectivity index (χ2v) is 5.41. The first kappa shape index (κ1) is 15.2. The van der Waals surface area contributed by atoms with Gasteiger partial charge < -0.3 is 10.6 Å². The molecule has 1 aromatic carbocycles. The van der Waals surface area contributed by atoms with E-state index in [-0.39, 0.29) is 5.91 Å². The number of hydrogen-bond donors (Lipinski definition) is 1. The molecule has 4 heteroatoms. The fraction of sp³-hybridized carbons (Fsp3) is 0.500. The SMILES string of the molecule is CCC(CN)CC(=O)N(C)Cc1ccccc1Br. The summed E-state index contributed by atoms with van der Waals surface area (Å²) in [4.78, 5) is 13.8. The summed E-state index contributed by atoms with van der Waals surface area (Å²) in [5.74, 6) is 0.446. The first-order valence-corrected chi connectivity index (χ1v) is 7.05. The van der Waals surface area contributed by atoms with Gasteiger partial charge in [-0.05, 0) is 24.1 Å². The zero-order chi connectivity index (χ0) is 13.5. The number of nitrogens with zero attached hydrogens (tertiary/aromatic N) is 1. The van der Waals surface area contributed by atoms with Gasteiger partial charge in [-0.15, -0.1) is 0 Å². The Morgan fingerprint density at radius 1 is 1.44 bits per heavy atom. The van der Waals surface area contributed by atoms with Crippen LogP contribution >= 0.6 is 15.9 Å². The molecule has 0 fully saturated rings. The molecule has 1 amide bonds. The van der Waals surface area contributed by atoms with Crippen LogP contribution in [0.2, 0.25) is 0 Å². The Morgan fingerprint density at radius 3 is 2.67 bits per heavy atom. The highest BCUT2D eigenvalue weighted by Crippen LogP contribution is 2.18. The van der Waals surface area contributed by atoms with Gasteiger partial charge in [0, 0.05) is 24.5 Å². The molecule has 1 atom stereocenters. The number of rotatable bonds is 6. The molecule has 100 valence electrons. The highest BCUT2D eigenvalue weighted by molar-refractivity contribution is 9.10. The Kier molecular flexibility index (Phi) is 6.36. The van der Waals surface area contributed by atoms with Gasteiger partial charge in [0.15, 0.2) is 0 Å². The minimum absolute atomic E-state index is 0.156. The smallest absolute Gasteiger partial charge is 0.222 e. The van der Waals surface area contributed by atoms with Gasteiger partial charge >= 0.3 is 0 Å². The van der Waals surface area contributed by atoms with Crippen LogP contribution in [0.5, 0.6) is 0 Å². The molecular formula is C14H21BrN2O. The summed E-state index contributed by atoms with van der Waals surface area (Å²) < 4.78 is 1.04. The van der Waals surface area contributed by atoms with E-state index in [0.29, 0.717) is 25.4 Å². The van der Waals surface area contributed by atoms with E-state index in [1.54, 1.807) is 4.90 Å². The van der Waals surface area contributed by atoms with E-state index in [1.807, 2.05) is 31.3 Å². The Labute approximate surface area is 117 Å². The van der Waals surface area contributed by atoms with Crippen molar-refractivity contribution in [2.45, 2.75) is 26.3 Å². The van der Waals surface area contributed by atoms with Crippen LogP contribution < -0.4 is 5.73 Å². The van der Waals surface area contributed by atoms with Crippen LogP contribution in [-0.2, 0) is 11.3 Å². The van der Waals surface area contributed by atoms with Gasteiger partial charge in [0.2, 0.25) is 5.91 Å². The van der Waals surface area contributed by atoms with Crippen LogP contribution in [0.1, 0.15) is 25.3 Å². The van der Waals surface area contributed by atoms with E-state index in [1.165, 1.54) is 0 Å². The molecule has 18 heavy (non-hydrogen) atoms. The summed E-state index contributed by atoms with van der Waals surface area (Å²) in [6.45, 7) is 3.27. The van der Waals surface area contributed by atoms with Gasteiger partial charge in [-0.25, -0.2) is 0 Å². The van der Waals surface area contributed by atoms with Crippen LogP contribution in [0.3, 0.4) is 0 Å². The Hall–Kier alpha value is -0.870. The van der Waals surface area contributed by atoms with Crippen LogP contribution in [-0.4, -0.2) is 24.4 Å². The molecule has 0 aromatic heterocycles. The van der Waals surface area contributed by atoms with Crippen molar-refractivity contribution in [1.29, 1.82) is 0 Å². The molecule has 3 nitrogen and oxygen atoms in total. The summed E-state index contributed by atoms with van der Waals surface area (Å²) in [7, 11) is 1.84. The predicted octanol–water partition coefficient (Wildman–Crippen LogP) is 2.78. The third-order valence-corrected chi connectivity index (χ3v) is 3.94. The molecule has 0 radical (unpaired) electrons. The first-order valence-electron chi connectivity index (χ1n) is 6.25. The lowest BCUT2D eigenvalue weighted by atomic mass is 10.0. The van der Waals surface area contributed by atoms with E-state index in [2.05, 4.69) is 22.9 Å². The topological polar surface area (TPSA) is 46.3 Å². The quantitative estimate of drug-likeness (QED) is 0.878. The lowest BCUT2D eigenvalue weighted by Gasteiger charge is -2.20. The van der Waals surface area contributed by atoms with Crippen molar-refractivity contribution in [3.05, 3.63) is 34.3 Å². The van der Waals surface area contributed by atoms with Crippen LogP contribution in [0, 0.1) is 5.92 Å². The summed E-state index contributed by atoms with van der Waals surface area (Å²) >= 11 is 3.49. The molecule has 0 saturated heterocycles. The van der Waals surface area contributed by atoms with Crippen LogP contribution in [0.25, 0.3) is 0 Å². The molecular weight excluding hydrogens is 292 g/mol. The molecule has 1 rings (SSSR count). The summed E-state index contributed by atoms with van der Waals surface area (Å²) in [5.41, 5.74) is 6.75. The largest absolute Gasteiger partial charge is 0.341 e. The van der Waals surface area contributed by atoms with E-state index in [9.17, 15) is 4.79 Å². The molecule has 2 N–H and O–H groups in total. The average molecular weight is 313 g/mol. The minimum atomic E-state index is 0.156. The maximum absolute atomic E-state index is 12.0. The van der Waals surface area contributed by atoms with Gasteiger partial charge in [0.1, 0.15) is 0 Å². The van der Waals surface area contributed by atoms with E-state index in [4.69, 9.17) is 5.73 Å². The molecule has 0 saturated carbocycles. The lowest BCUT2D eigenvalue weighted by Crippen LogP contribution is -2.30.